The summed E-state index contributed by atoms with van der Waals surface area (Å²) in [6, 6.07) is 5.63. The highest BCUT2D eigenvalue weighted by Gasteiger charge is 2.34. The molecule has 1 amide bonds. The quantitative estimate of drug-likeness (QED) is 0.788. The number of piperazine rings is 1. The molecule has 0 spiro atoms. The number of hydrogen-bond donors (Lipinski definition) is 0. The van der Waals surface area contributed by atoms with Crippen molar-refractivity contribution < 1.29 is 22.3 Å². The average Bonchev–Trinajstić information content (AvgIpc) is 2.94. The lowest BCUT2D eigenvalue weighted by Gasteiger charge is -2.37. The number of nitrogens with zero attached hydrogens (tertiary/aromatic N) is 2. The number of carbonyl (C=O) groups excluding carboxylic acids is 1. The Labute approximate surface area is 141 Å². The Morgan fingerprint density at radius 2 is 1.83 bits per heavy atom. The number of hydrogen-bond acceptors (Lipinski definition) is 5. The van der Waals surface area contributed by atoms with Gasteiger partial charge in [-0.1, -0.05) is 0 Å². The molecule has 0 aliphatic carbocycles. The molecule has 3 rings (SSSR count). The van der Waals surface area contributed by atoms with Gasteiger partial charge in [-0.25, -0.2) is 12.8 Å². The Bertz CT molecular complexity index is 685. The largest absolute Gasteiger partial charge is 0.484 e. The molecule has 2 saturated heterocycles. The third-order valence-corrected chi connectivity index (χ3v) is 6.32. The highest BCUT2D eigenvalue weighted by molar-refractivity contribution is 7.91. The van der Waals surface area contributed by atoms with E-state index in [2.05, 4.69) is 4.90 Å². The van der Waals surface area contributed by atoms with Gasteiger partial charge in [0.2, 0.25) is 0 Å². The first-order valence-electron chi connectivity index (χ1n) is 8.03. The van der Waals surface area contributed by atoms with Crippen LogP contribution in [-0.2, 0) is 14.6 Å². The zero-order valence-electron chi connectivity index (χ0n) is 13.4. The summed E-state index contributed by atoms with van der Waals surface area (Å²) in [5.74, 6) is 0.494. The molecule has 24 heavy (non-hydrogen) atoms. The summed E-state index contributed by atoms with van der Waals surface area (Å²) in [5.41, 5.74) is 0. The Balaban J connectivity index is 1.44. The van der Waals surface area contributed by atoms with Crippen LogP contribution in [0, 0.1) is 5.82 Å². The van der Waals surface area contributed by atoms with Crippen molar-refractivity contribution in [3.8, 4) is 5.75 Å². The number of halogens is 1. The second-order valence-corrected chi connectivity index (χ2v) is 8.44. The van der Waals surface area contributed by atoms with E-state index in [1.807, 2.05) is 0 Å². The lowest BCUT2D eigenvalue weighted by Crippen LogP contribution is -2.53. The number of amides is 1. The summed E-state index contributed by atoms with van der Waals surface area (Å²) in [7, 11) is -2.89. The zero-order chi connectivity index (χ0) is 17.2. The van der Waals surface area contributed by atoms with Gasteiger partial charge in [0.25, 0.3) is 5.91 Å². The van der Waals surface area contributed by atoms with Crippen LogP contribution in [0.4, 0.5) is 4.39 Å². The van der Waals surface area contributed by atoms with E-state index in [4.69, 9.17) is 4.74 Å². The van der Waals surface area contributed by atoms with E-state index in [1.54, 1.807) is 4.90 Å². The fraction of sp³-hybridized carbons (Fsp3) is 0.562. The third kappa shape index (κ3) is 4.24. The van der Waals surface area contributed by atoms with E-state index in [0.717, 1.165) is 0 Å². The molecule has 1 atom stereocenters. The monoisotopic (exact) mass is 356 g/mol. The Morgan fingerprint density at radius 1 is 1.17 bits per heavy atom. The highest BCUT2D eigenvalue weighted by atomic mass is 32.2. The Morgan fingerprint density at radius 3 is 2.42 bits per heavy atom. The maximum Gasteiger partial charge on any atom is 0.260 e. The number of sulfone groups is 1. The van der Waals surface area contributed by atoms with Gasteiger partial charge in [0.15, 0.2) is 16.4 Å². The van der Waals surface area contributed by atoms with Crippen molar-refractivity contribution in [1.29, 1.82) is 0 Å². The van der Waals surface area contributed by atoms with E-state index >= 15 is 0 Å². The van der Waals surface area contributed by atoms with Crippen LogP contribution < -0.4 is 4.74 Å². The molecule has 0 saturated carbocycles. The number of carbonyl (C=O) groups is 1. The van der Waals surface area contributed by atoms with Gasteiger partial charge in [-0.2, -0.15) is 0 Å². The van der Waals surface area contributed by atoms with Crippen LogP contribution in [-0.4, -0.2) is 74.5 Å². The predicted octanol–water partition coefficient (Wildman–Crippen LogP) is 0.536. The van der Waals surface area contributed by atoms with Crippen LogP contribution in [0.25, 0.3) is 0 Å². The molecule has 8 heteroatoms. The first-order chi connectivity index (χ1) is 11.4. The van der Waals surface area contributed by atoms with E-state index < -0.39 is 9.84 Å². The molecule has 1 aromatic carbocycles. The van der Waals surface area contributed by atoms with Gasteiger partial charge in [0, 0.05) is 32.2 Å². The van der Waals surface area contributed by atoms with Crippen LogP contribution >= 0.6 is 0 Å². The molecule has 2 heterocycles. The minimum Gasteiger partial charge on any atom is -0.484 e. The summed E-state index contributed by atoms with van der Waals surface area (Å²) >= 11 is 0. The van der Waals surface area contributed by atoms with Crippen LogP contribution in [0.15, 0.2) is 24.3 Å². The highest BCUT2D eigenvalue weighted by Crippen LogP contribution is 2.19. The molecule has 0 bridgehead atoms. The van der Waals surface area contributed by atoms with Crippen molar-refractivity contribution in [1.82, 2.24) is 9.80 Å². The van der Waals surface area contributed by atoms with Crippen LogP contribution in [0.1, 0.15) is 6.42 Å². The predicted molar refractivity (Wildman–Crippen MR) is 87.1 cm³/mol. The molecule has 0 aromatic heterocycles. The summed E-state index contributed by atoms with van der Waals surface area (Å²) in [6.45, 7) is 2.43. The SMILES string of the molecule is O=C(COc1ccc(F)cc1)N1CCN([C@@H]2CCS(=O)(=O)C2)CC1. The maximum atomic E-state index is 12.8. The molecule has 2 aliphatic heterocycles. The molecule has 2 fully saturated rings. The first-order valence-corrected chi connectivity index (χ1v) is 9.86. The number of ether oxygens (including phenoxy) is 1. The van der Waals surface area contributed by atoms with Crippen molar-refractivity contribution >= 4 is 15.7 Å². The molecule has 132 valence electrons. The smallest absolute Gasteiger partial charge is 0.260 e. The minimum atomic E-state index is -2.89. The van der Waals surface area contributed by atoms with E-state index in [9.17, 15) is 17.6 Å². The van der Waals surface area contributed by atoms with Gasteiger partial charge in [0.05, 0.1) is 11.5 Å². The van der Waals surface area contributed by atoms with Crippen molar-refractivity contribution in [3.05, 3.63) is 30.1 Å². The van der Waals surface area contributed by atoms with Gasteiger partial charge in [-0.05, 0) is 30.7 Å². The van der Waals surface area contributed by atoms with Crippen LogP contribution in [0.2, 0.25) is 0 Å². The summed E-state index contributed by atoms with van der Waals surface area (Å²) < 4.78 is 41.3. The van der Waals surface area contributed by atoms with Crippen molar-refractivity contribution in [2.45, 2.75) is 12.5 Å². The average molecular weight is 356 g/mol. The maximum absolute atomic E-state index is 12.8. The fourth-order valence-electron chi connectivity index (χ4n) is 3.17. The zero-order valence-corrected chi connectivity index (χ0v) is 14.2. The minimum absolute atomic E-state index is 0.0799. The molecule has 0 radical (unpaired) electrons. The summed E-state index contributed by atoms with van der Waals surface area (Å²) in [5, 5.41) is 0. The number of benzene rings is 1. The Kier molecular flexibility index (Phi) is 5.05. The first kappa shape index (κ1) is 17.2. The topological polar surface area (TPSA) is 66.9 Å². The Hall–Kier alpha value is -1.67. The molecule has 1 aromatic rings. The summed E-state index contributed by atoms with van der Waals surface area (Å²) in [4.78, 5) is 16.1. The number of rotatable bonds is 4. The summed E-state index contributed by atoms with van der Waals surface area (Å²) in [6.07, 6.45) is 0.684. The molecular weight excluding hydrogens is 335 g/mol. The van der Waals surface area contributed by atoms with Crippen LogP contribution in [0.5, 0.6) is 5.75 Å². The van der Waals surface area contributed by atoms with Gasteiger partial charge in [-0.3, -0.25) is 9.69 Å². The second kappa shape index (κ2) is 7.06. The second-order valence-electron chi connectivity index (χ2n) is 6.22. The molecule has 0 N–H and O–H groups in total. The molecule has 2 aliphatic rings. The normalized spacial score (nSPS) is 24.0. The molecule has 6 nitrogen and oxygen atoms in total. The van der Waals surface area contributed by atoms with Crippen LogP contribution in [0.3, 0.4) is 0 Å². The van der Waals surface area contributed by atoms with Crippen molar-refractivity contribution in [2.24, 2.45) is 0 Å². The standard InChI is InChI=1S/C16H21FN2O4S/c17-13-1-3-15(4-2-13)23-11-16(20)19-8-6-18(7-9-19)14-5-10-24(21,22)12-14/h1-4,14H,5-12H2/t14-/m1/s1. The van der Waals surface area contributed by atoms with Gasteiger partial charge in [-0.15, -0.1) is 0 Å². The van der Waals surface area contributed by atoms with Gasteiger partial charge >= 0.3 is 0 Å². The lowest BCUT2D eigenvalue weighted by atomic mass is 10.2. The van der Waals surface area contributed by atoms with Crippen molar-refractivity contribution in [3.63, 3.8) is 0 Å². The molecular formula is C16H21FN2O4S. The van der Waals surface area contributed by atoms with Gasteiger partial charge < -0.3 is 9.64 Å². The van der Waals surface area contributed by atoms with Gasteiger partial charge in [0.1, 0.15) is 11.6 Å². The molecule has 0 unspecified atom stereocenters. The van der Waals surface area contributed by atoms with Crippen molar-refractivity contribution in [2.75, 3.05) is 44.3 Å². The van der Waals surface area contributed by atoms with E-state index in [1.165, 1.54) is 24.3 Å². The van der Waals surface area contributed by atoms with E-state index in [-0.39, 0.29) is 35.9 Å². The lowest BCUT2D eigenvalue weighted by molar-refractivity contribution is -0.135. The van der Waals surface area contributed by atoms with E-state index in [0.29, 0.717) is 38.3 Å². The fourth-order valence-corrected chi connectivity index (χ4v) is 4.93. The third-order valence-electron chi connectivity index (χ3n) is 4.57.